The Morgan fingerprint density at radius 2 is 2.13 bits per heavy atom. The number of carbonyl (C=O) groups excluding carboxylic acids is 1. The van der Waals surface area contributed by atoms with Crippen molar-refractivity contribution in [2.24, 2.45) is 0 Å². The van der Waals surface area contributed by atoms with Crippen LogP contribution in [-0.2, 0) is 4.79 Å². The molecule has 0 spiro atoms. The summed E-state index contributed by atoms with van der Waals surface area (Å²) < 4.78 is 0. The van der Waals surface area contributed by atoms with Crippen molar-refractivity contribution in [1.29, 1.82) is 0 Å². The molecule has 1 aliphatic rings. The zero-order valence-corrected chi connectivity index (χ0v) is 9.55. The van der Waals surface area contributed by atoms with E-state index < -0.39 is 0 Å². The van der Waals surface area contributed by atoms with Crippen LogP contribution in [0.25, 0.3) is 0 Å². The molecule has 4 nitrogen and oxygen atoms in total. The van der Waals surface area contributed by atoms with Crippen LogP contribution < -0.4 is 5.32 Å². The van der Waals surface area contributed by atoms with Gasteiger partial charge in [-0.1, -0.05) is 5.92 Å². The highest BCUT2D eigenvalue weighted by Gasteiger charge is 2.16. The topological polar surface area (TPSA) is 35.6 Å². The first-order valence-electron chi connectivity index (χ1n) is 5.30. The first kappa shape index (κ1) is 12.0. The minimum absolute atomic E-state index is 0.205. The number of hydrogen-bond acceptors (Lipinski definition) is 3. The minimum atomic E-state index is 0.205. The quantitative estimate of drug-likeness (QED) is 0.629. The molecule has 0 aromatic carbocycles. The molecule has 0 aromatic heterocycles. The number of carbonyl (C=O) groups is 1. The largest absolute Gasteiger partial charge is 0.339 e. The van der Waals surface area contributed by atoms with Crippen molar-refractivity contribution in [2.45, 2.75) is 6.92 Å². The first-order chi connectivity index (χ1) is 7.24. The van der Waals surface area contributed by atoms with E-state index in [1.165, 1.54) is 0 Å². The fraction of sp³-hybridized carbons (Fsp3) is 0.727. The molecule has 15 heavy (non-hydrogen) atoms. The Kier molecular flexibility index (Phi) is 5.16. The van der Waals surface area contributed by atoms with Crippen LogP contribution in [0.5, 0.6) is 0 Å². The van der Waals surface area contributed by atoms with Crippen molar-refractivity contribution < 1.29 is 4.79 Å². The molecule has 1 saturated heterocycles. The molecule has 0 aliphatic carbocycles. The van der Waals surface area contributed by atoms with Gasteiger partial charge < -0.3 is 10.2 Å². The second kappa shape index (κ2) is 6.44. The fourth-order valence-electron chi connectivity index (χ4n) is 1.52. The molecule has 1 fully saturated rings. The summed E-state index contributed by atoms with van der Waals surface area (Å²) in [6, 6.07) is 0. The molecule has 1 heterocycles. The van der Waals surface area contributed by atoms with Gasteiger partial charge in [-0.05, 0) is 14.0 Å². The number of hydrogen-bond donors (Lipinski definition) is 1. The van der Waals surface area contributed by atoms with E-state index in [9.17, 15) is 4.79 Å². The third kappa shape index (κ3) is 4.32. The summed E-state index contributed by atoms with van der Waals surface area (Å²) in [6.07, 6.45) is 0. The van der Waals surface area contributed by atoms with Crippen molar-refractivity contribution in [2.75, 3.05) is 46.3 Å². The Bertz CT molecular complexity index is 261. The van der Waals surface area contributed by atoms with Gasteiger partial charge in [-0.3, -0.25) is 9.69 Å². The van der Waals surface area contributed by atoms with Crippen LogP contribution in [0.2, 0.25) is 0 Å². The molecular formula is C11H19N3O. The molecule has 0 radical (unpaired) electrons. The molecular weight excluding hydrogens is 190 g/mol. The van der Waals surface area contributed by atoms with Crippen molar-refractivity contribution >= 4 is 5.91 Å². The summed E-state index contributed by atoms with van der Waals surface area (Å²) in [7, 11) is 1.92. The zero-order valence-electron chi connectivity index (χ0n) is 9.55. The second-order valence-corrected chi connectivity index (χ2v) is 3.73. The third-order valence-corrected chi connectivity index (χ3v) is 2.40. The van der Waals surface area contributed by atoms with Crippen LogP contribution in [-0.4, -0.2) is 62.0 Å². The number of nitrogens with one attached hydrogen (secondary N) is 1. The lowest BCUT2D eigenvalue weighted by Crippen LogP contribution is -2.49. The molecule has 1 N–H and O–H groups in total. The number of rotatable bonds is 3. The average Bonchev–Trinajstić information content (AvgIpc) is 2.27. The normalized spacial score (nSPS) is 16.1. The maximum Gasteiger partial charge on any atom is 0.236 e. The smallest absolute Gasteiger partial charge is 0.236 e. The van der Waals surface area contributed by atoms with Gasteiger partial charge in [0, 0.05) is 26.2 Å². The fourth-order valence-corrected chi connectivity index (χ4v) is 1.52. The van der Waals surface area contributed by atoms with Crippen molar-refractivity contribution in [3.63, 3.8) is 0 Å². The molecule has 0 unspecified atom stereocenters. The van der Waals surface area contributed by atoms with Gasteiger partial charge in [-0.25, -0.2) is 0 Å². The average molecular weight is 209 g/mol. The summed E-state index contributed by atoms with van der Waals surface area (Å²) in [5, 5.41) is 3.23. The second-order valence-electron chi connectivity index (χ2n) is 3.73. The van der Waals surface area contributed by atoms with Crippen molar-refractivity contribution in [1.82, 2.24) is 15.1 Å². The van der Waals surface area contributed by atoms with Gasteiger partial charge in [0.15, 0.2) is 0 Å². The summed E-state index contributed by atoms with van der Waals surface area (Å²) in [5.41, 5.74) is 0. The maximum absolute atomic E-state index is 11.8. The highest BCUT2D eigenvalue weighted by atomic mass is 16.2. The Hall–Kier alpha value is -1.05. The third-order valence-electron chi connectivity index (χ3n) is 2.40. The summed E-state index contributed by atoms with van der Waals surface area (Å²) in [6.45, 7) is 6.40. The zero-order chi connectivity index (χ0) is 11.1. The Morgan fingerprint density at radius 3 is 2.73 bits per heavy atom. The monoisotopic (exact) mass is 209 g/mol. The Labute approximate surface area is 91.6 Å². The Morgan fingerprint density at radius 1 is 1.47 bits per heavy atom. The van der Waals surface area contributed by atoms with Crippen LogP contribution in [0.15, 0.2) is 0 Å². The maximum atomic E-state index is 11.8. The molecule has 0 bridgehead atoms. The molecule has 1 aliphatic heterocycles. The lowest BCUT2D eigenvalue weighted by Gasteiger charge is -2.28. The molecule has 0 atom stereocenters. The first-order valence-corrected chi connectivity index (χ1v) is 5.30. The number of nitrogens with zero attached hydrogens (tertiary/aromatic N) is 2. The predicted octanol–water partition coefficient (Wildman–Crippen LogP) is -0.627. The minimum Gasteiger partial charge on any atom is -0.339 e. The van der Waals surface area contributed by atoms with Crippen LogP contribution >= 0.6 is 0 Å². The highest BCUT2D eigenvalue weighted by Crippen LogP contribution is 1.94. The van der Waals surface area contributed by atoms with E-state index in [4.69, 9.17) is 0 Å². The highest BCUT2D eigenvalue weighted by molar-refractivity contribution is 5.78. The van der Waals surface area contributed by atoms with Gasteiger partial charge in [0.25, 0.3) is 0 Å². The van der Waals surface area contributed by atoms with Gasteiger partial charge in [0.2, 0.25) is 5.91 Å². The van der Waals surface area contributed by atoms with Crippen LogP contribution in [0.4, 0.5) is 0 Å². The van der Waals surface area contributed by atoms with E-state index in [1.807, 2.05) is 23.8 Å². The van der Waals surface area contributed by atoms with E-state index in [0.717, 1.165) is 26.2 Å². The molecule has 1 amide bonds. The van der Waals surface area contributed by atoms with E-state index in [-0.39, 0.29) is 5.91 Å². The van der Waals surface area contributed by atoms with E-state index in [1.54, 1.807) is 0 Å². The van der Waals surface area contributed by atoms with Gasteiger partial charge in [-0.15, -0.1) is 5.92 Å². The van der Waals surface area contributed by atoms with Gasteiger partial charge >= 0.3 is 0 Å². The lowest BCUT2D eigenvalue weighted by molar-refractivity contribution is -0.132. The number of amides is 1. The SMILES string of the molecule is CC#CCN(C)CC(=O)N1CCNCC1. The van der Waals surface area contributed by atoms with E-state index in [0.29, 0.717) is 13.1 Å². The van der Waals surface area contributed by atoms with Crippen LogP contribution in [0.1, 0.15) is 6.92 Å². The molecule has 1 rings (SSSR count). The van der Waals surface area contributed by atoms with E-state index in [2.05, 4.69) is 17.2 Å². The van der Waals surface area contributed by atoms with Crippen LogP contribution in [0, 0.1) is 11.8 Å². The number of likely N-dealkylation sites (N-methyl/N-ethyl adjacent to an activating group) is 1. The number of piperazine rings is 1. The lowest BCUT2D eigenvalue weighted by atomic mass is 10.3. The van der Waals surface area contributed by atoms with Crippen LogP contribution in [0.3, 0.4) is 0 Å². The molecule has 0 saturated carbocycles. The Balaban J connectivity index is 2.29. The molecule has 84 valence electrons. The van der Waals surface area contributed by atoms with E-state index >= 15 is 0 Å². The van der Waals surface area contributed by atoms with Gasteiger partial charge in [0.1, 0.15) is 0 Å². The molecule has 0 aromatic rings. The summed E-state index contributed by atoms with van der Waals surface area (Å²) >= 11 is 0. The van der Waals surface area contributed by atoms with Crippen molar-refractivity contribution in [3.8, 4) is 11.8 Å². The molecule has 4 heteroatoms. The standard InChI is InChI=1S/C11H19N3O/c1-3-4-7-13(2)10-11(15)14-8-5-12-6-9-14/h12H,5-10H2,1-2H3. The van der Waals surface area contributed by atoms with Crippen molar-refractivity contribution in [3.05, 3.63) is 0 Å². The van der Waals surface area contributed by atoms with Gasteiger partial charge in [-0.2, -0.15) is 0 Å². The van der Waals surface area contributed by atoms with Gasteiger partial charge in [0.05, 0.1) is 13.1 Å². The summed E-state index contributed by atoms with van der Waals surface area (Å²) in [4.78, 5) is 15.6. The summed E-state index contributed by atoms with van der Waals surface area (Å²) in [5.74, 6) is 5.98. The predicted molar refractivity (Wildman–Crippen MR) is 60.4 cm³/mol.